The summed E-state index contributed by atoms with van der Waals surface area (Å²) in [7, 11) is 1.65. The number of carbonyl (C=O) groups excluding carboxylic acids is 2. The van der Waals surface area contributed by atoms with Gasteiger partial charge in [-0.3, -0.25) is 9.69 Å². The molecule has 0 aromatic heterocycles. The lowest BCUT2D eigenvalue weighted by molar-refractivity contribution is -0.136. The molecular weight excluding hydrogens is 420 g/mol. The van der Waals surface area contributed by atoms with Gasteiger partial charge in [0.15, 0.2) is 0 Å². The zero-order chi connectivity index (χ0) is 23.2. The van der Waals surface area contributed by atoms with Crippen molar-refractivity contribution in [2.75, 3.05) is 26.7 Å². The summed E-state index contributed by atoms with van der Waals surface area (Å²) in [6, 6.07) is 16.6. The van der Waals surface area contributed by atoms with Gasteiger partial charge in [0, 0.05) is 19.5 Å². The lowest BCUT2D eigenvalue weighted by Gasteiger charge is -2.33. The second kappa shape index (κ2) is 10.5. The van der Waals surface area contributed by atoms with Gasteiger partial charge in [-0.2, -0.15) is 0 Å². The predicted molar refractivity (Wildman–Crippen MR) is 125 cm³/mol. The Labute approximate surface area is 194 Å². The number of likely N-dealkylation sites (tertiary alicyclic amines) is 2. The lowest BCUT2D eigenvalue weighted by atomic mass is 10.00. The Kier molecular flexibility index (Phi) is 7.29. The molecule has 0 unspecified atom stereocenters. The predicted octanol–water partition coefficient (Wildman–Crippen LogP) is 3.47. The number of ether oxygens (including phenoxy) is 2. The highest BCUT2D eigenvalue weighted by Gasteiger charge is 2.42. The van der Waals surface area contributed by atoms with Crippen LogP contribution in [-0.2, 0) is 16.1 Å². The van der Waals surface area contributed by atoms with Gasteiger partial charge < -0.3 is 19.5 Å². The average Bonchev–Trinajstić information content (AvgIpc) is 3.25. The topological polar surface area (TPSA) is 79.3 Å². The number of methoxy groups -OCH3 is 1. The molecule has 2 aliphatic heterocycles. The van der Waals surface area contributed by atoms with Crippen LogP contribution in [-0.4, -0.2) is 65.8 Å². The molecule has 0 aliphatic carbocycles. The molecule has 2 aromatic rings. The first-order valence-corrected chi connectivity index (χ1v) is 11.3. The van der Waals surface area contributed by atoms with Crippen molar-refractivity contribution in [3.05, 3.63) is 71.3 Å². The molecular formula is C26H30N2O5. The number of hydrogen-bond donors (Lipinski definition) is 1. The van der Waals surface area contributed by atoms with Crippen LogP contribution in [0, 0.1) is 0 Å². The van der Waals surface area contributed by atoms with Crippen LogP contribution < -0.4 is 4.74 Å². The Morgan fingerprint density at radius 3 is 2.58 bits per heavy atom. The Morgan fingerprint density at radius 1 is 1.09 bits per heavy atom. The van der Waals surface area contributed by atoms with E-state index in [-0.39, 0.29) is 25.5 Å². The van der Waals surface area contributed by atoms with Crippen molar-refractivity contribution in [2.45, 2.75) is 38.0 Å². The van der Waals surface area contributed by atoms with E-state index in [1.807, 2.05) is 54.6 Å². The van der Waals surface area contributed by atoms with E-state index >= 15 is 0 Å². The largest absolute Gasteiger partial charge is 0.497 e. The van der Waals surface area contributed by atoms with E-state index in [1.54, 1.807) is 12.0 Å². The smallest absolute Gasteiger partial charge is 0.410 e. The third-order valence-electron chi connectivity index (χ3n) is 6.19. The third-order valence-corrected chi connectivity index (χ3v) is 6.19. The minimum Gasteiger partial charge on any atom is -0.497 e. The van der Waals surface area contributed by atoms with E-state index < -0.39 is 18.2 Å². The van der Waals surface area contributed by atoms with Crippen molar-refractivity contribution in [2.24, 2.45) is 0 Å². The number of β-amino-alcohol motifs (C(OH)–C–C–N with tert-alkyl or cyclic N) is 1. The average molecular weight is 451 g/mol. The number of aliphatic hydroxyl groups is 1. The molecule has 2 fully saturated rings. The second-order valence-electron chi connectivity index (χ2n) is 8.50. The van der Waals surface area contributed by atoms with Gasteiger partial charge in [-0.25, -0.2) is 4.79 Å². The second-order valence-corrected chi connectivity index (χ2v) is 8.50. The highest BCUT2D eigenvalue weighted by atomic mass is 16.6. The van der Waals surface area contributed by atoms with Crippen LogP contribution in [0.25, 0.3) is 6.08 Å². The molecule has 2 atom stereocenters. The van der Waals surface area contributed by atoms with Gasteiger partial charge in [-0.1, -0.05) is 54.1 Å². The molecule has 1 N–H and O–H groups in total. The zero-order valence-corrected chi connectivity index (χ0v) is 18.9. The Morgan fingerprint density at radius 2 is 1.85 bits per heavy atom. The fourth-order valence-corrected chi connectivity index (χ4v) is 4.39. The maximum absolute atomic E-state index is 13.2. The van der Waals surface area contributed by atoms with Gasteiger partial charge in [0.1, 0.15) is 18.4 Å². The van der Waals surface area contributed by atoms with Crippen molar-refractivity contribution >= 4 is 18.1 Å². The van der Waals surface area contributed by atoms with Gasteiger partial charge in [0.2, 0.25) is 5.91 Å². The number of benzene rings is 2. The monoisotopic (exact) mass is 450 g/mol. The fourth-order valence-electron chi connectivity index (χ4n) is 4.39. The summed E-state index contributed by atoms with van der Waals surface area (Å²) in [5, 5.41) is 10.2. The maximum atomic E-state index is 13.2. The lowest BCUT2D eigenvalue weighted by Crippen LogP contribution is -2.49. The summed E-state index contributed by atoms with van der Waals surface area (Å²) in [5.74, 6) is 0.694. The zero-order valence-electron chi connectivity index (χ0n) is 18.9. The first kappa shape index (κ1) is 22.9. The van der Waals surface area contributed by atoms with Crippen molar-refractivity contribution < 1.29 is 24.2 Å². The summed E-state index contributed by atoms with van der Waals surface area (Å²) >= 11 is 0. The summed E-state index contributed by atoms with van der Waals surface area (Å²) in [4.78, 5) is 29.1. The normalized spacial score (nSPS) is 20.5. The van der Waals surface area contributed by atoms with Crippen molar-refractivity contribution in [3.63, 3.8) is 0 Å². The van der Waals surface area contributed by atoms with Gasteiger partial charge >= 0.3 is 6.09 Å². The summed E-state index contributed by atoms with van der Waals surface area (Å²) in [5.41, 5.74) is 3.23. The SMILES string of the molecule is COc1cccc(C=C2CCN(C(=O)[C@@H]3C[C@@H](O)CN3C(=O)OCc3ccccc3)CC2)c1. The number of hydrogen-bond acceptors (Lipinski definition) is 5. The molecule has 7 nitrogen and oxygen atoms in total. The van der Waals surface area contributed by atoms with Crippen molar-refractivity contribution in [3.8, 4) is 5.75 Å². The maximum Gasteiger partial charge on any atom is 0.410 e. The molecule has 174 valence electrons. The Balaban J connectivity index is 1.34. The Hall–Kier alpha value is -3.32. The molecule has 7 heteroatoms. The standard InChI is InChI=1S/C26H30N2O5/c1-32-23-9-5-8-21(15-23)14-19-10-12-27(13-11-19)25(30)24-16-22(29)17-28(24)26(31)33-18-20-6-3-2-4-7-20/h2-9,14-15,22,24,29H,10-13,16-18H2,1H3/t22-,24+/m1/s1. The number of aliphatic hydroxyl groups excluding tert-OH is 1. The highest BCUT2D eigenvalue weighted by Crippen LogP contribution is 2.26. The van der Waals surface area contributed by atoms with Gasteiger partial charge in [0.05, 0.1) is 19.8 Å². The molecule has 2 aromatic carbocycles. The molecule has 0 spiro atoms. The van der Waals surface area contributed by atoms with E-state index in [0.29, 0.717) is 13.1 Å². The molecule has 4 rings (SSSR count). The molecule has 2 heterocycles. The van der Waals surface area contributed by atoms with E-state index in [0.717, 1.165) is 29.7 Å². The van der Waals surface area contributed by atoms with Crippen LogP contribution in [0.1, 0.15) is 30.4 Å². The molecule has 0 saturated carbocycles. The molecule has 2 aliphatic rings. The van der Waals surface area contributed by atoms with Crippen LogP contribution in [0.15, 0.2) is 60.2 Å². The van der Waals surface area contributed by atoms with Gasteiger partial charge in [0.25, 0.3) is 0 Å². The fraction of sp³-hybridized carbons (Fsp3) is 0.385. The number of carbonyl (C=O) groups is 2. The number of rotatable bonds is 5. The number of nitrogens with zero attached hydrogens (tertiary/aromatic N) is 2. The number of amides is 2. The van der Waals surface area contributed by atoms with Crippen LogP contribution in [0.5, 0.6) is 5.75 Å². The van der Waals surface area contributed by atoms with Gasteiger partial charge in [-0.05, 0) is 36.1 Å². The van der Waals surface area contributed by atoms with Crippen LogP contribution in [0.2, 0.25) is 0 Å². The molecule has 2 saturated heterocycles. The highest BCUT2D eigenvalue weighted by molar-refractivity contribution is 5.86. The van der Waals surface area contributed by atoms with Crippen LogP contribution in [0.3, 0.4) is 0 Å². The molecule has 0 bridgehead atoms. The van der Waals surface area contributed by atoms with E-state index in [1.165, 1.54) is 10.5 Å². The van der Waals surface area contributed by atoms with Crippen LogP contribution >= 0.6 is 0 Å². The first-order chi connectivity index (χ1) is 16.0. The van der Waals surface area contributed by atoms with E-state index in [9.17, 15) is 14.7 Å². The third kappa shape index (κ3) is 5.73. The quantitative estimate of drug-likeness (QED) is 0.755. The Bertz CT molecular complexity index is 997. The molecule has 33 heavy (non-hydrogen) atoms. The number of piperidine rings is 1. The summed E-state index contributed by atoms with van der Waals surface area (Å²) in [6.45, 7) is 1.43. The minimum absolute atomic E-state index is 0.110. The van der Waals surface area contributed by atoms with E-state index in [4.69, 9.17) is 9.47 Å². The molecule has 2 amide bonds. The van der Waals surface area contributed by atoms with E-state index in [2.05, 4.69) is 6.08 Å². The van der Waals surface area contributed by atoms with Crippen molar-refractivity contribution in [1.82, 2.24) is 9.80 Å². The summed E-state index contributed by atoms with van der Waals surface area (Å²) < 4.78 is 10.7. The first-order valence-electron chi connectivity index (χ1n) is 11.3. The molecule has 0 radical (unpaired) electrons. The van der Waals surface area contributed by atoms with Gasteiger partial charge in [-0.15, -0.1) is 0 Å². The summed E-state index contributed by atoms with van der Waals surface area (Å²) in [6.07, 6.45) is 2.65. The minimum atomic E-state index is -0.725. The van der Waals surface area contributed by atoms with Crippen molar-refractivity contribution in [1.29, 1.82) is 0 Å². The van der Waals surface area contributed by atoms with Crippen LogP contribution in [0.4, 0.5) is 4.79 Å².